The van der Waals surface area contributed by atoms with Crippen LogP contribution in [-0.2, 0) is 4.79 Å². The SMILES string of the molecule is Cc1ccc(OC(=O)c2ccc(N3CCC[C@H](C(N)=O)C3)cc2)cc1. The van der Waals surface area contributed by atoms with Crippen LogP contribution in [0.2, 0.25) is 0 Å². The van der Waals surface area contributed by atoms with Crippen LogP contribution < -0.4 is 15.4 Å². The van der Waals surface area contributed by atoms with Crippen LogP contribution in [0.25, 0.3) is 0 Å². The largest absolute Gasteiger partial charge is 0.423 e. The van der Waals surface area contributed by atoms with Gasteiger partial charge >= 0.3 is 5.97 Å². The van der Waals surface area contributed by atoms with Gasteiger partial charge in [-0.25, -0.2) is 4.79 Å². The van der Waals surface area contributed by atoms with Crippen molar-refractivity contribution in [3.05, 3.63) is 59.7 Å². The van der Waals surface area contributed by atoms with Gasteiger partial charge in [0.25, 0.3) is 0 Å². The van der Waals surface area contributed by atoms with E-state index in [1.165, 1.54) is 0 Å². The van der Waals surface area contributed by atoms with Crippen molar-refractivity contribution >= 4 is 17.6 Å². The third-order valence-corrected chi connectivity index (χ3v) is 4.52. The van der Waals surface area contributed by atoms with Gasteiger partial charge in [-0.05, 0) is 56.2 Å². The molecule has 0 radical (unpaired) electrons. The van der Waals surface area contributed by atoms with Gasteiger partial charge in [-0.2, -0.15) is 0 Å². The molecule has 5 nitrogen and oxygen atoms in total. The smallest absolute Gasteiger partial charge is 0.343 e. The second-order valence-corrected chi connectivity index (χ2v) is 6.44. The minimum Gasteiger partial charge on any atom is -0.423 e. The highest BCUT2D eigenvalue weighted by atomic mass is 16.5. The van der Waals surface area contributed by atoms with Crippen LogP contribution in [0.4, 0.5) is 5.69 Å². The Labute approximate surface area is 147 Å². The van der Waals surface area contributed by atoms with Gasteiger partial charge in [0, 0.05) is 18.8 Å². The fourth-order valence-corrected chi connectivity index (χ4v) is 3.02. The average molecular weight is 338 g/mol. The lowest BCUT2D eigenvalue weighted by Crippen LogP contribution is -2.41. The van der Waals surface area contributed by atoms with Gasteiger partial charge in [-0.3, -0.25) is 4.79 Å². The number of benzene rings is 2. The first-order valence-electron chi connectivity index (χ1n) is 8.46. The molecule has 0 aliphatic carbocycles. The topological polar surface area (TPSA) is 72.6 Å². The highest BCUT2D eigenvalue weighted by Gasteiger charge is 2.24. The highest BCUT2D eigenvalue weighted by molar-refractivity contribution is 5.91. The lowest BCUT2D eigenvalue weighted by atomic mass is 9.97. The normalized spacial score (nSPS) is 17.2. The zero-order valence-corrected chi connectivity index (χ0v) is 14.3. The molecule has 0 aromatic heterocycles. The first-order valence-corrected chi connectivity index (χ1v) is 8.46. The molecule has 1 amide bonds. The van der Waals surface area contributed by atoms with Crippen LogP contribution in [0.5, 0.6) is 5.75 Å². The Balaban J connectivity index is 1.66. The molecule has 1 heterocycles. The van der Waals surface area contributed by atoms with E-state index in [1.54, 1.807) is 24.3 Å². The van der Waals surface area contributed by atoms with Gasteiger partial charge in [0.2, 0.25) is 5.91 Å². The number of hydrogen-bond donors (Lipinski definition) is 1. The van der Waals surface area contributed by atoms with Crippen molar-refractivity contribution in [3.8, 4) is 5.75 Å². The van der Waals surface area contributed by atoms with Crippen LogP contribution >= 0.6 is 0 Å². The number of carbonyl (C=O) groups is 2. The Morgan fingerprint density at radius 1 is 1.08 bits per heavy atom. The summed E-state index contributed by atoms with van der Waals surface area (Å²) in [4.78, 5) is 25.8. The van der Waals surface area contributed by atoms with Gasteiger partial charge in [0.1, 0.15) is 5.75 Å². The minimum absolute atomic E-state index is 0.111. The number of carbonyl (C=O) groups excluding carboxylic acids is 2. The molecule has 0 unspecified atom stereocenters. The summed E-state index contributed by atoms with van der Waals surface area (Å²) in [6, 6.07) is 14.6. The summed E-state index contributed by atoms with van der Waals surface area (Å²) in [6.45, 7) is 3.49. The summed E-state index contributed by atoms with van der Waals surface area (Å²) in [5.74, 6) is -0.216. The van der Waals surface area contributed by atoms with Crippen LogP contribution in [0.1, 0.15) is 28.8 Å². The second kappa shape index (κ2) is 7.38. The molecule has 2 N–H and O–H groups in total. The van der Waals surface area contributed by atoms with Crippen molar-refractivity contribution in [1.82, 2.24) is 0 Å². The predicted octanol–water partition coefficient (Wildman–Crippen LogP) is 2.92. The second-order valence-electron chi connectivity index (χ2n) is 6.44. The third-order valence-electron chi connectivity index (χ3n) is 4.52. The standard InChI is InChI=1S/C20H22N2O3/c1-14-4-10-18(11-5-14)25-20(24)15-6-8-17(9-7-15)22-12-2-3-16(13-22)19(21)23/h4-11,16H,2-3,12-13H2,1H3,(H2,21,23)/t16-/m0/s1. The minimum atomic E-state index is -0.385. The number of rotatable bonds is 4. The van der Waals surface area contributed by atoms with Crippen molar-refractivity contribution in [3.63, 3.8) is 0 Å². The maximum absolute atomic E-state index is 12.2. The molecule has 0 saturated carbocycles. The van der Waals surface area contributed by atoms with Crippen molar-refractivity contribution in [2.75, 3.05) is 18.0 Å². The maximum atomic E-state index is 12.2. The van der Waals surface area contributed by atoms with E-state index in [-0.39, 0.29) is 17.8 Å². The van der Waals surface area contributed by atoms with Crippen LogP contribution in [0.15, 0.2) is 48.5 Å². The number of ether oxygens (including phenoxy) is 1. The Bertz CT molecular complexity index is 754. The molecule has 1 fully saturated rings. The summed E-state index contributed by atoms with van der Waals surface area (Å²) in [5.41, 5.74) is 8.02. The number of esters is 1. The fourth-order valence-electron chi connectivity index (χ4n) is 3.02. The number of aryl methyl sites for hydroxylation is 1. The number of piperidine rings is 1. The number of primary amides is 1. The Kier molecular flexibility index (Phi) is 5.03. The molecular weight excluding hydrogens is 316 g/mol. The molecular formula is C20H22N2O3. The number of nitrogens with zero attached hydrogens (tertiary/aromatic N) is 1. The van der Waals surface area contributed by atoms with Crippen molar-refractivity contribution < 1.29 is 14.3 Å². The van der Waals surface area contributed by atoms with Gasteiger partial charge in [-0.15, -0.1) is 0 Å². The summed E-state index contributed by atoms with van der Waals surface area (Å²) >= 11 is 0. The van der Waals surface area contributed by atoms with E-state index in [0.717, 1.165) is 30.6 Å². The van der Waals surface area contributed by atoms with Gasteiger partial charge < -0.3 is 15.4 Å². The number of hydrogen-bond acceptors (Lipinski definition) is 4. The lowest BCUT2D eigenvalue weighted by Gasteiger charge is -2.33. The predicted molar refractivity (Wildman–Crippen MR) is 96.7 cm³/mol. The van der Waals surface area contributed by atoms with Gasteiger partial charge in [-0.1, -0.05) is 17.7 Å². The molecule has 5 heteroatoms. The highest BCUT2D eigenvalue weighted by Crippen LogP contribution is 2.24. The zero-order valence-electron chi connectivity index (χ0n) is 14.3. The average Bonchev–Trinajstić information content (AvgIpc) is 2.64. The van der Waals surface area contributed by atoms with E-state index in [4.69, 9.17) is 10.5 Å². The Hall–Kier alpha value is -2.82. The third kappa shape index (κ3) is 4.18. The summed E-state index contributed by atoms with van der Waals surface area (Å²) in [6.07, 6.45) is 1.78. The monoisotopic (exact) mass is 338 g/mol. The van der Waals surface area contributed by atoms with E-state index in [9.17, 15) is 9.59 Å². The maximum Gasteiger partial charge on any atom is 0.343 e. The van der Waals surface area contributed by atoms with Crippen molar-refractivity contribution in [1.29, 1.82) is 0 Å². The van der Waals surface area contributed by atoms with Gasteiger partial charge in [0.05, 0.1) is 11.5 Å². The number of nitrogens with two attached hydrogens (primary N) is 1. The fraction of sp³-hybridized carbons (Fsp3) is 0.300. The lowest BCUT2D eigenvalue weighted by molar-refractivity contribution is -0.122. The zero-order chi connectivity index (χ0) is 17.8. The van der Waals surface area contributed by atoms with Crippen LogP contribution in [0.3, 0.4) is 0 Å². The summed E-state index contributed by atoms with van der Waals surface area (Å²) in [5, 5.41) is 0. The Morgan fingerprint density at radius 2 is 1.76 bits per heavy atom. The van der Waals surface area contributed by atoms with Crippen LogP contribution in [-0.4, -0.2) is 25.0 Å². The first kappa shape index (κ1) is 17.0. The molecule has 1 aliphatic rings. The molecule has 0 spiro atoms. The van der Waals surface area contributed by atoms with Crippen molar-refractivity contribution in [2.45, 2.75) is 19.8 Å². The molecule has 2 aromatic rings. The molecule has 1 atom stereocenters. The number of anilines is 1. The van der Waals surface area contributed by atoms with E-state index in [0.29, 0.717) is 17.9 Å². The van der Waals surface area contributed by atoms with Crippen LogP contribution in [0, 0.1) is 12.8 Å². The van der Waals surface area contributed by atoms with E-state index in [2.05, 4.69) is 4.90 Å². The van der Waals surface area contributed by atoms with Crippen molar-refractivity contribution in [2.24, 2.45) is 11.7 Å². The molecule has 1 saturated heterocycles. The van der Waals surface area contributed by atoms with E-state index in [1.807, 2.05) is 31.2 Å². The summed E-state index contributed by atoms with van der Waals surface area (Å²) in [7, 11) is 0. The molecule has 25 heavy (non-hydrogen) atoms. The molecule has 0 bridgehead atoms. The molecule has 3 rings (SSSR count). The quantitative estimate of drug-likeness (QED) is 0.687. The number of amides is 1. The van der Waals surface area contributed by atoms with E-state index >= 15 is 0 Å². The molecule has 2 aromatic carbocycles. The molecule has 130 valence electrons. The molecule has 1 aliphatic heterocycles. The first-order chi connectivity index (χ1) is 12.0. The Morgan fingerprint density at radius 3 is 2.40 bits per heavy atom. The summed E-state index contributed by atoms with van der Waals surface area (Å²) < 4.78 is 5.38. The van der Waals surface area contributed by atoms with E-state index < -0.39 is 0 Å². The van der Waals surface area contributed by atoms with Gasteiger partial charge in [0.15, 0.2) is 0 Å².